The van der Waals surface area contributed by atoms with Crippen LogP contribution in [0.15, 0.2) is 48.5 Å². The maximum absolute atomic E-state index is 12.9. The van der Waals surface area contributed by atoms with Gasteiger partial charge >= 0.3 is 0 Å². The SMILES string of the molecule is Cc1ccccc1NC(=O)[C@@H]1C(=O)N[C@@]2(C)C[C@H]1c1ccccc1O2. The molecule has 2 N–H and O–H groups in total. The van der Waals surface area contributed by atoms with Crippen LogP contribution < -0.4 is 15.4 Å². The second-order valence-corrected chi connectivity index (χ2v) is 6.95. The monoisotopic (exact) mass is 336 g/mol. The standard InChI is InChI=1S/C20H20N2O3/c1-12-7-3-5-9-15(12)21-18(23)17-14-11-20(2,22-19(17)24)25-16-10-6-4-8-13(14)16/h3-10,14,17H,11H2,1-2H3,(H,21,23)(H,22,24)/t14-,17+,20+/m0/s1. The zero-order valence-corrected chi connectivity index (χ0v) is 14.2. The van der Waals surface area contributed by atoms with Crippen molar-refractivity contribution in [1.29, 1.82) is 0 Å². The van der Waals surface area contributed by atoms with Crippen molar-refractivity contribution in [3.63, 3.8) is 0 Å². The van der Waals surface area contributed by atoms with Crippen LogP contribution in [0.3, 0.4) is 0 Å². The van der Waals surface area contributed by atoms with E-state index in [1.807, 2.05) is 62.4 Å². The summed E-state index contributed by atoms with van der Waals surface area (Å²) in [6.45, 7) is 3.78. The predicted molar refractivity (Wildman–Crippen MR) is 94.3 cm³/mol. The molecule has 1 fully saturated rings. The highest BCUT2D eigenvalue weighted by Crippen LogP contribution is 2.46. The third kappa shape index (κ3) is 2.65. The van der Waals surface area contributed by atoms with Crippen molar-refractivity contribution in [2.75, 3.05) is 5.32 Å². The molecule has 25 heavy (non-hydrogen) atoms. The fraction of sp³-hybridized carbons (Fsp3) is 0.300. The van der Waals surface area contributed by atoms with Crippen molar-refractivity contribution in [1.82, 2.24) is 5.32 Å². The Bertz CT molecular complexity index is 864. The molecule has 0 aromatic heterocycles. The maximum Gasteiger partial charge on any atom is 0.237 e. The Hall–Kier alpha value is -2.82. The minimum atomic E-state index is -0.780. The number of para-hydroxylation sites is 2. The van der Waals surface area contributed by atoms with Gasteiger partial charge in [-0.15, -0.1) is 0 Å². The first-order valence-electron chi connectivity index (χ1n) is 8.43. The Labute approximate surface area is 146 Å². The third-order valence-corrected chi connectivity index (χ3v) is 5.02. The lowest BCUT2D eigenvalue weighted by atomic mass is 9.74. The van der Waals surface area contributed by atoms with Crippen LogP contribution in [0.2, 0.25) is 0 Å². The number of piperidine rings is 1. The molecule has 3 atom stereocenters. The van der Waals surface area contributed by atoms with E-state index in [-0.39, 0.29) is 17.7 Å². The highest BCUT2D eigenvalue weighted by Gasteiger charge is 2.51. The zero-order valence-electron chi connectivity index (χ0n) is 14.2. The largest absolute Gasteiger partial charge is 0.468 e. The van der Waals surface area contributed by atoms with Gasteiger partial charge in [-0.1, -0.05) is 36.4 Å². The maximum atomic E-state index is 12.9. The molecule has 128 valence electrons. The van der Waals surface area contributed by atoms with Crippen LogP contribution in [-0.4, -0.2) is 17.5 Å². The summed E-state index contributed by atoms with van der Waals surface area (Å²) in [5.74, 6) is -0.824. The summed E-state index contributed by atoms with van der Waals surface area (Å²) >= 11 is 0. The van der Waals surface area contributed by atoms with Gasteiger partial charge < -0.3 is 15.4 Å². The number of ether oxygens (including phenoxy) is 1. The Morgan fingerprint density at radius 2 is 1.92 bits per heavy atom. The van der Waals surface area contributed by atoms with Crippen molar-refractivity contribution >= 4 is 17.5 Å². The Kier molecular flexibility index (Phi) is 3.53. The molecule has 2 aromatic carbocycles. The first-order valence-corrected chi connectivity index (χ1v) is 8.43. The lowest BCUT2D eigenvalue weighted by molar-refractivity contribution is -0.145. The number of carbonyl (C=O) groups excluding carboxylic acids is 2. The number of rotatable bonds is 2. The van der Waals surface area contributed by atoms with Gasteiger partial charge in [0.1, 0.15) is 11.7 Å². The summed E-state index contributed by atoms with van der Waals surface area (Å²) in [5.41, 5.74) is 1.84. The fourth-order valence-electron chi connectivity index (χ4n) is 3.81. The predicted octanol–water partition coefficient (Wildman–Crippen LogP) is 2.96. The van der Waals surface area contributed by atoms with Crippen molar-refractivity contribution in [2.24, 2.45) is 5.92 Å². The summed E-state index contributed by atoms with van der Waals surface area (Å²) in [6.07, 6.45) is 0.571. The van der Waals surface area contributed by atoms with E-state index in [0.717, 1.165) is 22.6 Å². The van der Waals surface area contributed by atoms with Crippen molar-refractivity contribution < 1.29 is 14.3 Å². The van der Waals surface area contributed by atoms with E-state index in [2.05, 4.69) is 10.6 Å². The average Bonchev–Trinajstić information content (AvgIpc) is 2.56. The first kappa shape index (κ1) is 15.7. The molecule has 1 saturated heterocycles. The number of amides is 2. The number of nitrogens with one attached hydrogen (secondary N) is 2. The number of fused-ring (bicyclic) bond motifs is 4. The van der Waals surface area contributed by atoms with Crippen LogP contribution >= 0.6 is 0 Å². The zero-order chi connectivity index (χ0) is 17.6. The number of aryl methyl sites for hydroxylation is 1. The molecule has 0 radical (unpaired) electrons. The Balaban J connectivity index is 1.69. The van der Waals surface area contributed by atoms with Gasteiger partial charge in [0.25, 0.3) is 0 Å². The third-order valence-electron chi connectivity index (χ3n) is 5.02. The molecule has 5 nitrogen and oxygen atoms in total. The molecule has 2 heterocycles. The van der Waals surface area contributed by atoms with Crippen molar-refractivity contribution in [3.05, 3.63) is 59.7 Å². The van der Waals surface area contributed by atoms with Crippen LogP contribution in [0.5, 0.6) is 5.75 Å². The van der Waals surface area contributed by atoms with E-state index in [1.54, 1.807) is 0 Å². The second-order valence-electron chi connectivity index (χ2n) is 6.95. The molecule has 2 amide bonds. The van der Waals surface area contributed by atoms with E-state index in [9.17, 15) is 9.59 Å². The van der Waals surface area contributed by atoms with E-state index < -0.39 is 11.6 Å². The van der Waals surface area contributed by atoms with Crippen LogP contribution in [0.1, 0.15) is 30.4 Å². The van der Waals surface area contributed by atoms with Gasteiger partial charge in [-0.05, 0) is 37.1 Å². The lowest BCUT2D eigenvalue weighted by Gasteiger charge is -2.46. The van der Waals surface area contributed by atoms with Crippen LogP contribution in [0.4, 0.5) is 5.69 Å². The first-order chi connectivity index (χ1) is 12.0. The smallest absolute Gasteiger partial charge is 0.237 e. The number of benzene rings is 2. The van der Waals surface area contributed by atoms with E-state index >= 15 is 0 Å². The quantitative estimate of drug-likeness (QED) is 0.829. The lowest BCUT2D eigenvalue weighted by Crippen LogP contribution is -2.62. The normalized spacial score (nSPS) is 26.9. The molecule has 2 aromatic rings. The van der Waals surface area contributed by atoms with Crippen LogP contribution in [0, 0.1) is 12.8 Å². The summed E-state index contributed by atoms with van der Waals surface area (Å²) in [5, 5.41) is 5.79. The highest BCUT2D eigenvalue weighted by atomic mass is 16.5. The van der Waals surface area contributed by atoms with E-state index in [1.165, 1.54) is 0 Å². The summed E-state index contributed by atoms with van der Waals surface area (Å²) in [6, 6.07) is 15.2. The Morgan fingerprint density at radius 1 is 1.20 bits per heavy atom. The van der Waals surface area contributed by atoms with Gasteiger partial charge in [-0.25, -0.2) is 0 Å². The molecule has 2 aliphatic heterocycles. The van der Waals surface area contributed by atoms with Gasteiger partial charge in [-0.2, -0.15) is 0 Å². The number of hydrogen-bond donors (Lipinski definition) is 2. The molecule has 0 aliphatic carbocycles. The van der Waals surface area contributed by atoms with Crippen molar-refractivity contribution in [2.45, 2.75) is 31.9 Å². The minimum absolute atomic E-state index is 0.201. The molecule has 0 unspecified atom stereocenters. The summed E-state index contributed by atoms with van der Waals surface area (Å²) < 4.78 is 5.96. The topological polar surface area (TPSA) is 67.4 Å². The van der Waals surface area contributed by atoms with Gasteiger partial charge in [-0.3, -0.25) is 9.59 Å². The van der Waals surface area contributed by atoms with Gasteiger partial charge in [0.15, 0.2) is 5.72 Å². The summed E-state index contributed by atoms with van der Waals surface area (Å²) in [7, 11) is 0. The molecule has 2 bridgehead atoms. The van der Waals surface area contributed by atoms with Gasteiger partial charge in [0, 0.05) is 18.0 Å². The molecule has 2 aliphatic rings. The molecule has 4 rings (SSSR count). The fourth-order valence-corrected chi connectivity index (χ4v) is 3.81. The number of carbonyl (C=O) groups is 2. The average molecular weight is 336 g/mol. The number of hydrogen-bond acceptors (Lipinski definition) is 3. The van der Waals surface area contributed by atoms with Gasteiger partial charge in [0.05, 0.1) is 0 Å². The second kappa shape index (κ2) is 5.62. The summed E-state index contributed by atoms with van der Waals surface area (Å²) in [4.78, 5) is 25.6. The van der Waals surface area contributed by atoms with E-state index in [4.69, 9.17) is 4.74 Å². The Morgan fingerprint density at radius 3 is 2.72 bits per heavy atom. The number of anilines is 1. The minimum Gasteiger partial charge on any atom is -0.468 e. The van der Waals surface area contributed by atoms with Crippen molar-refractivity contribution in [3.8, 4) is 5.75 Å². The molecule has 5 heteroatoms. The van der Waals surface area contributed by atoms with E-state index in [0.29, 0.717) is 6.42 Å². The molecule has 0 spiro atoms. The van der Waals surface area contributed by atoms with Gasteiger partial charge in [0.2, 0.25) is 11.8 Å². The van der Waals surface area contributed by atoms with Crippen LogP contribution in [0.25, 0.3) is 0 Å². The van der Waals surface area contributed by atoms with Crippen LogP contribution in [-0.2, 0) is 9.59 Å². The molecular weight excluding hydrogens is 316 g/mol. The highest BCUT2D eigenvalue weighted by molar-refractivity contribution is 6.08. The molecule has 0 saturated carbocycles. The molecular formula is C20H20N2O3.